The van der Waals surface area contributed by atoms with E-state index in [1.54, 1.807) is 7.11 Å². The molecule has 0 radical (unpaired) electrons. The largest absolute Gasteiger partial charge is 0.385 e. The second kappa shape index (κ2) is 8.47. The lowest BCUT2D eigenvalue weighted by Crippen LogP contribution is -2.35. The number of ether oxygens (including phenoxy) is 1. The van der Waals surface area contributed by atoms with Gasteiger partial charge in [0.15, 0.2) is 5.82 Å². The molecule has 7 heteroatoms. The molecular weight excluding hydrogens is 320 g/mol. The molecule has 1 aliphatic heterocycles. The van der Waals surface area contributed by atoms with Crippen molar-refractivity contribution >= 4 is 11.8 Å². The molecule has 3 rings (SSSR count). The summed E-state index contributed by atoms with van der Waals surface area (Å²) < 4.78 is 6.94. The molecule has 2 amide bonds. The van der Waals surface area contributed by atoms with Gasteiger partial charge in [-0.15, -0.1) is 0 Å². The third-order valence-corrected chi connectivity index (χ3v) is 5.04. The van der Waals surface area contributed by atoms with Crippen LogP contribution in [0.1, 0.15) is 71.7 Å². The highest BCUT2D eigenvalue weighted by molar-refractivity contribution is 5.97. The molecule has 1 saturated carbocycles. The normalized spacial score (nSPS) is 17.3. The minimum atomic E-state index is -0.193. The van der Waals surface area contributed by atoms with Crippen molar-refractivity contribution in [1.82, 2.24) is 20.2 Å². The van der Waals surface area contributed by atoms with Gasteiger partial charge in [0.2, 0.25) is 0 Å². The summed E-state index contributed by atoms with van der Waals surface area (Å²) in [6.45, 7) is 1.91. The van der Waals surface area contributed by atoms with Crippen molar-refractivity contribution in [3.05, 3.63) is 17.2 Å². The Bertz CT molecular complexity index is 620. The minimum absolute atomic E-state index is 0.145. The van der Waals surface area contributed by atoms with Crippen LogP contribution >= 0.6 is 0 Å². The van der Waals surface area contributed by atoms with E-state index in [4.69, 9.17) is 4.74 Å². The van der Waals surface area contributed by atoms with E-state index in [1.165, 1.54) is 12.8 Å². The number of nitrogens with zero attached hydrogens (tertiary/aromatic N) is 2. The smallest absolute Gasteiger partial charge is 0.287 e. The molecule has 0 saturated heterocycles. The minimum Gasteiger partial charge on any atom is -0.385 e. The highest BCUT2D eigenvalue weighted by atomic mass is 16.5. The van der Waals surface area contributed by atoms with Crippen LogP contribution in [0, 0.1) is 0 Å². The van der Waals surface area contributed by atoms with Crippen LogP contribution in [0.5, 0.6) is 0 Å². The van der Waals surface area contributed by atoms with Gasteiger partial charge in [-0.25, -0.2) is 4.98 Å². The third-order valence-electron chi connectivity index (χ3n) is 5.04. The van der Waals surface area contributed by atoms with E-state index in [0.717, 1.165) is 50.8 Å². The summed E-state index contributed by atoms with van der Waals surface area (Å²) in [5, 5.41) is 5.97. The maximum absolute atomic E-state index is 12.7. The average Bonchev–Trinajstić information content (AvgIpc) is 3.26. The maximum Gasteiger partial charge on any atom is 0.287 e. The Morgan fingerprint density at radius 2 is 2.00 bits per heavy atom. The number of rotatable bonds is 7. The number of nitrogens with one attached hydrogen (secondary N) is 2. The van der Waals surface area contributed by atoms with E-state index in [1.807, 2.05) is 4.57 Å². The van der Waals surface area contributed by atoms with Crippen LogP contribution in [0.2, 0.25) is 0 Å². The Balaban J connectivity index is 1.73. The van der Waals surface area contributed by atoms with Crippen molar-refractivity contribution in [2.24, 2.45) is 0 Å². The van der Waals surface area contributed by atoms with Crippen molar-refractivity contribution in [3.63, 3.8) is 0 Å². The van der Waals surface area contributed by atoms with Crippen LogP contribution in [0.4, 0.5) is 0 Å². The first kappa shape index (κ1) is 17.9. The van der Waals surface area contributed by atoms with Gasteiger partial charge in [0, 0.05) is 32.8 Å². The first-order valence-electron chi connectivity index (χ1n) is 9.38. The number of hydrogen-bond acceptors (Lipinski definition) is 4. The maximum atomic E-state index is 12.7. The Morgan fingerprint density at radius 1 is 1.20 bits per heavy atom. The molecule has 2 N–H and O–H groups in total. The van der Waals surface area contributed by atoms with Gasteiger partial charge in [0.25, 0.3) is 11.8 Å². The Morgan fingerprint density at radius 3 is 2.76 bits per heavy atom. The Labute approximate surface area is 148 Å². The fourth-order valence-electron chi connectivity index (χ4n) is 3.72. The zero-order valence-corrected chi connectivity index (χ0v) is 15.0. The lowest BCUT2D eigenvalue weighted by Gasteiger charge is -2.18. The molecule has 1 aromatic heterocycles. The Hall–Kier alpha value is -1.89. The van der Waals surface area contributed by atoms with Gasteiger partial charge in [-0.3, -0.25) is 9.59 Å². The molecule has 0 unspecified atom stereocenters. The molecule has 2 aliphatic rings. The van der Waals surface area contributed by atoms with E-state index >= 15 is 0 Å². The number of imidazole rings is 1. The quantitative estimate of drug-likeness (QED) is 0.734. The zero-order chi connectivity index (χ0) is 17.6. The molecule has 1 aromatic rings. The van der Waals surface area contributed by atoms with Crippen molar-refractivity contribution < 1.29 is 14.3 Å². The molecule has 0 aromatic carbocycles. The molecule has 1 aliphatic carbocycles. The molecule has 0 bridgehead atoms. The topological polar surface area (TPSA) is 85.2 Å². The van der Waals surface area contributed by atoms with Crippen LogP contribution in [0.15, 0.2) is 0 Å². The molecular formula is C18H28N4O3. The number of fused-ring (bicyclic) bond motifs is 1. The van der Waals surface area contributed by atoms with Gasteiger partial charge < -0.3 is 19.9 Å². The fourth-order valence-corrected chi connectivity index (χ4v) is 3.72. The van der Waals surface area contributed by atoms with Crippen molar-refractivity contribution in [3.8, 4) is 0 Å². The lowest BCUT2D eigenvalue weighted by molar-refractivity contribution is 0.0921. The van der Waals surface area contributed by atoms with E-state index in [-0.39, 0.29) is 17.9 Å². The third kappa shape index (κ3) is 4.21. The zero-order valence-electron chi connectivity index (χ0n) is 15.0. The van der Waals surface area contributed by atoms with Gasteiger partial charge in [0.05, 0.1) is 5.69 Å². The van der Waals surface area contributed by atoms with Gasteiger partial charge in [-0.2, -0.15) is 0 Å². The van der Waals surface area contributed by atoms with Crippen molar-refractivity contribution in [2.45, 2.75) is 64.0 Å². The first-order valence-corrected chi connectivity index (χ1v) is 9.38. The van der Waals surface area contributed by atoms with Crippen molar-refractivity contribution in [2.75, 3.05) is 20.3 Å². The summed E-state index contributed by atoms with van der Waals surface area (Å²) >= 11 is 0. The summed E-state index contributed by atoms with van der Waals surface area (Å²) in [4.78, 5) is 29.6. The highest BCUT2D eigenvalue weighted by Gasteiger charge is 2.28. The van der Waals surface area contributed by atoms with Gasteiger partial charge in [-0.1, -0.05) is 12.8 Å². The van der Waals surface area contributed by atoms with E-state index in [0.29, 0.717) is 24.7 Å². The summed E-state index contributed by atoms with van der Waals surface area (Å²) in [5.74, 6) is 0.0544. The highest BCUT2D eigenvalue weighted by Crippen LogP contribution is 2.22. The summed E-state index contributed by atoms with van der Waals surface area (Å²) in [6.07, 6.45) is 8.00. The molecule has 0 spiro atoms. The SMILES string of the molecule is COCCCNC(=O)c1nc(C(=O)NC2CCCC2)n2c1CCCC2. The lowest BCUT2D eigenvalue weighted by atomic mass is 10.1. The van der Waals surface area contributed by atoms with E-state index < -0.39 is 0 Å². The predicted octanol–water partition coefficient (Wildman–Crippen LogP) is 1.66. The Kier molecular flexibility index (Phi) is 6.07. The van der Waals surface area contributed by atoms with Gasteiger partial charge >= 0.3 is 0 Å². The average molecular weight is 348 g/mol. The van der Waals surface area contributed by atoms with E-state index in [9.17, 15) is 9.59 Å². The summed E-state index contributed by atoms with van der Waals surface area (Å²) in [6, 6.07) is 0.246. The second-order valence-electron chi connectivity index (χ2n) is 6.90. The van der Waals surface area contributed by atoms with Crippen LogP contribution in [-0.4, -0.2) is 47.7 Å². The standard InChI is InChI=1S/C18H28N4O3/c1-25-12-6-10-19-17(23)15-14-9-4-5-11-22(14)16(21-15)18(24)20-13-7-2-3-8-13/h13H,2-12H2,1H3,(H,19,23)(H,20,24). The number of amides is 2. The fraction of sp³-hybridized carbons (Fsp3) is 0.722. The second-order valence-corrected chi connectivity index (χ2v) is 6.90. The molecule has 25 heavy (non-hydrogen) atoms. The van der Waals surface area contributed by atoms with Crippen molar-refractivity contribution in [1.29, 1.82) is 0 Å². The van der Waals surface area contributed by atoms with Crippen LogP contribution in [-0.2, 0) is 17.7 Å². The van der Waals surface area contributed by atoms with Crippen LogP contribution in [0.25, 0.3) is 0 Å². The van der Waals surface area contributed by atoms with Gasteiger partial charge in [-0.05, 0) is 38.5 Å². The number of methoxy groups -OCH3 is 1. The van der Waals surface area contributed by atoms with Gasteiger partial charge in [0.1, 0.15) is 5.69 Å². The molecule has 1 fully saturated rings. The summed E-state index contributed by atoms with van der Waals surface area (Å²) in [7, 11) is 1.64. The first-order chi connectivity index (χ1) is 12.2. The molecule has 7 nitrogen and oxygen atoms in total. The number of hydrogen-bond donors (Lipinski definition) is 2. The van der Waals surface area contributed by atoms with E-state index in [2.05, 4.69) is 15.6 Å². The number of aromatic nitrogens is 2. The number of carbonyl (C=O) groups excluding carboxylic acids is 2. The summed E-state index contributed by atoms with van der Waals surface area (Å²) in [5.41, 5.74) is 1.31. The predicted molar refractivity (Wildman–Crippen MR) is 93.7 cm³/mol. The molecule has 138 valence electrons. The molecule has 2 heterocycles. The molecule has 0 atom stereocenters. The number of carbonyl (C=O) groups is 2. The monoisotopic (exact) mass is 348 g/mol. The van der Waals surface area contributed by atoms with Crippen LogP contribution < -0.4 is 10.6 Å². The van der Waals surface area contributed by atoms with Crippen LogP contribution in [0.3, 0.4) is 0 Å².